The summed E-state index contributed by atoms with van der Waals surface area (Å²) >= 11 is 4.32. The number of nitrogens with zero attached hydrogens (tertiary/aromatic N) is 1. The first-order chi connectivity index (χ1) is 5.22. The average molecular weight is 177 g/mol. The van der Waals surface area contributed by atoms with Crippen LogP contribution >= 0.6 is 11.6 Å². The van der Waals surface area contributed by atoms with Crippen LogP contribution in [0.1, 0.15) is 10.5 Å². The molecule has 1 rings (SSSR count). The molecule has 0 unspecified atom stereocenters. The van der Waals surface area contributed by atoms with Crippen LogP contribution in [0.2, 0.25) is 0 Å². The Morgan fingerprint density at radius 3 is 2.55 bits per heavy atom. The molecule has 0 saturated heterocycles. The zero-order valence-electron chi connectivity index (χ0n) is 5.32. The molecule has 5 nitrogen and oxygen atoms in total. The Labute approximate surface area is 67.0 Å². The van der Waals surface area contributed by atoms with E-state index in [1.54, 1.807) is 0 Å². The van der Waals surface area contributed by atoms with E-state index in [9.17, 15) is 4.79 Å². The van der Waals surface area contributed by atoms with Gasteiger partial charge >= 0.3 is 5.97 Å². The van der Waals surface area contributed by atoms with Gasteiger partial charge < -0.3 is 5.11 Å². The molecule has 0 saturated carbocycles. The molecular formula is C5H5ClN2O3. The second-order valence-corrected chi connectivity index (χ2v) is 1.54. The number of H-pyrrole nitrogens is 1. The highest BCUT2D eigenvalue weighted by Gasteiger charge is 1.99. The van der Waals surface area contributed by atoms with Crippen molar-refractivity contribution in [3.8, 4) is 0 Å². The fourth-order valence-electron chi connectivity index (χ4n) is 0.375. The molecule has 0 spiro atoms. The number of aromatic amines is 1. The summed E-state index contributed by atoms with van der Waals surface area (Å²) in [6.07, 6.45) is 1.39. The molecule has 0 atom stereocenters. The van der Waals surface area contributed by atoms with E-state index in [1.165, 1.54) is 12.3 Å². The Morgan fingerprint density at radius 1 is 1.82 bits per heavy atom. The number of halogens is 1. The molecule has 0 bridgehead atoms. The molecule has 0 amide bonds. The van der Waals surface area contributed by atoms with E-state index in [0.29, 0.717) is 0 Å². The Balaban J connectivity index is 0.000000292. The zero-order chi connectivity index (χ0) is 8.69. The van der Waals surface area contributed by atoms with Gasteiger partial charge in [0, 0.05) is 6.20 Å². The second kappa shape index (κ2) is 5.43. The van der Waals surface area contributed by atoms with Gasteiger partial charge in [0.25, 0.3) is 0 Å². The van der Waals surface area contributed by atoms with E-state index in [-0.39, 0.29) is 11.4 Å². The van der Waals surface area contributed by atoms with Crippen molar-refractivity contribution in [1.82, 2.24) is 10.2 Å². The van der Waals surface area contributed by atoms with Crippen molar-refractivity contribution in [1.29, 1.82) is 0 Å². The van der Waals surface area contributed by atoms with E-state index in [2.05, 4.69) is 21.8 Å². The molecule has 2 N–H and O–H groups in total. The topological polar surface area (TPSA) is 83.0 Å². The van der Waals surface area contributed by atoms with Gasteiger partial charge in [0.05, 0.1) is 0 Å². The summed E-state index contributed by atoms with van der Waals surface area (Å²) < 4.78 is 0. The Bertz CT molecular complexity index is 222. The van der Waals surface area contributed by atoms with Crippen LogP contribution in [0.5, 0.6) is 0 Å². The molecule has 1 aromatic heterocycles. The highest BCUT2D eigenvalue weighted by molar-refractivity contribution is 6.54. The predicted octanol–water partition coefficient (Wildman–Crippen LogP) is 0.523. The quantitative estimate of drug-likeness (QED) is 0.483. The third kappa shape index (κ3) is 4.10. The monoisotopic (exact) mass is 176 g/mol. The van der Waals surface area contributed by atoms with Gasteiger partial charge in [-0.05, 0) is 17.7 Å². The van der Waals surface area contributed by atoms with E-state index >= 15 is 0 Å². The number of hydrogen-bond acceptors (Lipinski definition) is 3. The van der Waals surface area contributed by atoms with E-state index < -0.39 is 5.97 Å². The second-order valence-electron chi connectivity index (χ2n) is 1.36. The molecule has 1 heterocycles. The molecule has 0 aromatic carbocycles. The van der Waals surface area contributed by atoms with Crippen LogP contribution in [-0.2, 0) is 4.79 Å². The molecule has 11 heavy (non-hydrogen) atoms. The fourth-order valence-corrected chi connectivity index (χ4v) is 0.375. The van der Waals surface area contributed by atoms with E-state index in [4.69, 9.17) is 9.90 Å². The number of aromatic nitrogens is 2. The molecule has 0 aliphatic carbocycles. The van der Waals surface area contributed by atoms with E-state index in [1.807, 2.05) is 0 Å². The first kappa shape index (κ1) is 9.64. The lowest BCUT2D eigenvalue weighted by atomic mass is 10.5. The van der Waals surface area contributed by atoms with Gasteiger partial charge in [-0.25, -0.2) is 4.79 Å². The van der Waals surface area contributed by atoms with Crippen molar-refractivity contribution in [3.63, 3.8) is 0 Å². The van der Waals surface area contributed by atoms with Crippen LogP contribution in [0.4, 0.5) is 0 Å². The number of rotatable bonds is 1. The van der Waals surface area contributed by atoms with Crippen LogP contribution < -0.4 is 0 Å². The third-order valence-electron chi connectivity index (χ3n) is 0.731. The number of hydrogen-bond donors (Lipinski definition) is 2. The minimum absolute atomic E-state index is 0.116. The first-order valence-electron chi connectivity index (χ1n) is 2.49. The van der Waals surface area contributed by atoms with Crippen molar-refractivity contribution in [2.24, 2.45) is 0 Å². The predicted molar refractivity (Wildman–Crippen MR) is 38.2 cm³/mol. The van der Waals surface area contributed by atoms with Crippen LogP contribution in [0, 0.1) is 0 Å². The van der Waals surface area contributed by atoms with Gasteiger partial charge in [-0.3, -0.25) is 9.89 Å². The lowest BCUT2D eigenvalue weighted by Gasteiger charge is -1.79. The van der Waals surface area contributed by atoms with Gasteiger partial charge in [-0.1, -0.05) is 0 Å². The molecule has 1 aromatic rings. The maximum atomic E-state index is 9.99. The minimum Gasteiger partial charge on any atom is -0.477 e. The number of carbonyl (C=O) groups is 2. The SMILES string of the molecule is O=C(O)c1ccn[nH]1.O=CCl. The Morgan fingerprint density at radius 2 is 2.36 bits per heavy atom. The summed E-state index contributed by atoms with van der Waals surface area (Å²) in [5, 5.41) is 13.9. The van der Waals surface area contributed by atoms with E-state index in [0.717, 1.165) is 0 Å². The largest absolute Gasteiger partial charge is 0.477 e. The summed E-state index contributed by atoms with van der Waals surface area (Å²) in [5.41, 5.74) is 0.116. The minimum atomic E-state index is -0.984. The normalized spacial score (nSPS) is 7.73. The summed E-state index contributed by atoms with van der Waals surface area (Å²) in [7, 11) is 0. The highest BCUT2D eigenvalue weighted by Crippen LogP contribution is 1.87. The highest BCUT2D eigenvalue weighted by atomic mass is 35.5. The van der Waals surface area contributed by atoms with Gasteiger partial charge in [-0.2, -0.15) is 5.10 Å². The number of carboxylic acid groups (broad SMARTS) is 1. The molecule has 0 aliphatic heterocycles. The fraction of sp³-hybridized carbons (Fsp3) is 0. The maximum Gasteiger partial charge on any atom is 0.353 e. The first-order valence-corrected chi connectivity index (χ1v) is 2.92. The number of nitrogens with one attached hydrogen (secondary N) is 1. The van der Waals surface area contributed by atoms with Gasteiger partial charge in [-0.15, -0.1) is 0 Å². The van der Waals surface area contributed by atoms with Crippen molar-refractivity contribution < 1.29 is 14.7 Å². The number of aromatic carboxylic acids is 1. The molecule has 60 valence electrons. The zero-order valence-corrected chi connectivity index (χ0v) is 6.08. The van der Waals surface area contributed by atoms with Crippen molar-refractivity contribution in [2.45, 2.75) is 0 Å². The molecule has 0 fully saturated rings. The van der Waals surface area contributed by atoms with Crippen LogP contribution in [0.15, 0.2) is 12.3 Å². The lowest BCUT2D eigenvalue weighted by Crippen LogP contribution is -1.95. The molecule has 6 heteroatoms. The molecular weight excluding hydrogens is 172 g/mol. The van der Waals surface area contributed by atoms with Crippen molar-refractivity contribution in [2.75, 3.05) is 0 Å². The number of carboxylic acids is 1. The third-order valence-corrected chi connectivity index (χ3v) is 0.731. The summed E-state index contributed by atoms with van der Waals surface area (Å²) in [5.74, 6) is -0.762. The Kier molecular flexibility index (Phi) is 4.76. The van der Waals surface area contributed by atoms with Crippen LogP contribution in [-0.4, -0.2) is 27.0 Å². The summed E-state index contributed by atoms with van der Waals surface area (Å²) in [4.78, 5) is 18.6. The van der Waals surface area contributed by atoms with Crippen molar-refractivity contribution >= 4 is 23.3 Å². The van der Waals surface area contributed by atoms with Gasteiger partial charge in [0.15, 0.2) is 0 Å². The van der Waals surface area contributed by atoms with Gasteiger partial charge in [0.1, 0.15) is 5.69 Å². The average Bonchev–Trinajstić information content (AvgIpc) is 2.38. The Hall–Kier alpha value is -1.36. The summed E-state index contributed by atoms with van der Waals surface area (Å²) in [6, 6.07) is 1.39. The lowest BCUT2D eigenvalue weighted by molar-refractivity contribution is 0.0690. The van der Waals surface area contributed by atoms with Crippen LogP contribution in [0.25, 0.3) is 0 Å². The summed E-state index contributed by atoms with van der Waals surface area (Å²) in [6.45, 7) is 0. The standard InChI is InChI=1S/C4H4N2O2.CHClO/c7-4(8)3-1-2-5-6-3;2-1-3/h1-2H,(H,5,6)(H,7,8);1H. The maximum absolute atomic E-state index is 9.99. The van der Waals surface area contributed by atoms with Crippen molar-refractivity contribution in [3.05, 3.63) is 18.0 Å². The molecule has 0 aliphatic rings. The molecule has 0 radical (unpaired) electrons. The van der Waals surface area contributed by atoms with Crippen LogP contribution in [0.3, 0.4) is 0 Å². The van der Waals surface area contributed by atoms with Gasteiger partial charge in [0.2, 0.25) is 5.75 Å². The number of carbonyl (C=O) groups excluding carboxylic acids is 1. The smallest absolute Gasteiger partial charge is 0.353 e.